The Morgan fingerprint density at radius 2 is 1.87 bits per heavy atom. The monoisotopic (exact) mass is 395 g/mol. The lowest BCUT2D eigenvalue weighted by atomic mass is 9.89. The average molecular weight is 395 g/mol. The second kappa shape index (κ2) is 7.99. The topological polar surface area (TPSA) is 71.9 Å². The number of hydrogen-bond donors (Lipinski definition) is 0. The number of aromatic nitrogens is 4. The highest BCUT2D eigenvalue weighted by Crippen LogP contribution is 2.33. The van der Waals surface area contributed by atoms with Crippen LogP contribution in [0, 0.1) is 0 Å². The molecule has 4 aromatic rings. The van der Waals surface area contributed by atoms with Crippen LogP contribution in [0.1, 0.15) is 34.8 Å². The van der Waals surface area contributed by atoms with E-state index in [0.717, 1.165) is 47.1 Å². The summed E-state index contributed by atoms with van der Waals surface area (Å²) in [5.41, 5.74) is 4.59. The third kappa shape index (κ3) is 3.41. The number of piperidine rings is 1. The fourth-order valence-electron chi connectivity index (χ4n) is 4.26. The van der Waals surface area contributed by atoms with E-state index < -0.39 is 0 Å². The summed E-state index contributed by atoms with van der Waals surface area (Å²) in [6.07, 6.45) is 10.7. The van der Waals surface area contributed by atoms with Gasteiger partial charge in [0.1, 0.15) is 6.33 Å². The third-order valence-electron chi connectivity index (χ3n) is 5.71. The van der Waals surface area contributed by atoms with Crippen molar-refractivity contribution in [1.82, 2.24) is 24.8 Å². The maximum Gasteiger partial charge on any atom is 0.254 e. The number of fused-ring (bicyclic) bond motifs is 1. The predicted molar refractivity (Wildman–Crippen MR) is 115 cm³/mol. The first kappa shape index (κ1) is 18.4. The minimum atomic E-state index is 0.0535. The molecule has 0 saturated carbocycles. The maximum absolute atomic E-state index is 13.4. The van der Waals surface area contributed by atoms with Gasteiger partial charge >= 0.3 is 0 Å². The Morgan fingerprint density at radius 1 is 0.967 bits per heavy atom. The molecule has 1 amide bonds. The van der Waals surface area contributed by atoms with E-state index in [9.17, 15) is 4.79 Å². The van der Waals surface area contributed by atoms with Crippen LogP contribution in [0.3, 0.4) is 0 Å². The van der Waals surface area contributed by atoms with Gasteiger partial charge in [-0.15, -0.1) is 0 Å². The number of rotatable bonds is 3. The zero-order chi connectivity index (χ0) is 20.3. The lowest BCUT2D eigenvalue weighted by molar-refractivity contribution is 0.0708. The summed E-state index contributed by atoms with van der Waals surface area (Å²) >= 11 is 0. The van der Waals surface area contributed by atoms with Crippen molar-refractivity contribution in [2.45, 2.75) is 18.8 Å². The first-order chi connectivity index (χ1) is 14.8. The molecule has 5 rings (SSSR count). The van der Waals surface area contributed by atoms with Crippen molar-refractivity contribution in [3.8, 4) is 11.1 Å². The van der Waals surface area contributed by atoms with Crippen molar-refractivity contribution < 1.29 is 4.79 Å². The lowest BCUT2D eigenvalue weighted by Gasteiger charge is -2.33. The van der Waals surface area contributed by atoms with E-state index in [1.54, 1.807) is 24.9 Å². The van der Waals surface area contributed by atoms with Crippen LogP contribution in [0.5, 0.6) is 0 Å². The van der Waals surface area contributed by atoms with Gasteiger partial charge in [0.15, 0.2) is 0 Å². The molecular weight excluding hydrogens is 374 g/mol. The molecule has 1 aliphatic rings. The SMILES string of the molecule is O=C(c1cccc2ncccc12)N1CCCC(c2ncncc2-c2ccncc2)C1. The number of nitrogens with zero attached hydrogens (tertiary/aromatic N) is 5. The second-order valence-electron chi connectivity index (χ2n) is 7.52. The van der Waals surface area contributed by atoms with Gasteiger partial charge in [0.2, 0.25) is 0 Å². The molecule has 0 N–H and O–H groups in total. The average Bonchev–Trinajstić information content (AvgIpc) is 2.84. The van der Waals surface area contributed by atoms with E-state index in [2.05, 4.69) is 19.9 Å². The van der Waals surface area contributed by atoms with Crippen LogP contribution in [-0.4, -0.2) is 43.8 Å². The molecule has 4 heterocycles. The fraction of sp³-hybridized carbons (Fsp3) is 0.208. The molecule has 1 fully saturated rings. The van der Waals surface area contributed by atoms with Gasteiger partial charge in [0.25, 0.3) is 5.91 Å². The molecule has 1 unspecified atom stereocenters. The van der Waals surface area contributed by atoms with Crippen LogP contribution in [-0.2, 0) is 0 Å². The van der Waals surface area contributed by atoms with Crippen molar-refractivity contribution in [2.24, 2.45) is 0 Å². The Balaban J connectivity index is 1.46. The Hall–Kier alpha value is -3.67. The van der Waals surface area contributed by atoms with E-state index in [4.69, 9.17) is 0 Å². The molecule has 1 aromatic carbocycles. The van der Waals surface area contributed by atoms with Crippen molar-refractivity contribution in [3.05, 3.63) is 84.8 Å². The normalized spacial score (nSPS) is 16.5. The minimum Gasteiger partial charge on any atom is -0.338 e. The standard InChI is InChI=1S/C24H21N5O/c30-24(20-5-1-7-22-19(20)6-2-10-27-22)29-13-3-4-18(15-29)23-21(14-26-16-28-23)17-8-11-25-12-9-17/h1-2,5-12,14,16,18H,3-4,13,15H2. The summed E-state index contributed by atoms with van der Waals surface area (Å²) in [7, 11) is 0. The Bertz CT molecular complexity index is 1190. The number of likely N-dealkylation sites (tertiary alicyclic amines) is 1. The van der Waals surface area contributed by atoms with Crippen molar-refractivity contribution in [3.63, 3.8) is 0 Å². The quantitative estimate of drug-likeness (QED) is 0.522. The molecule has 0 aliphatic carbocycles. The van der Waals surface area contributed by atoms with Crippen molar-refractivity contribution in [1.29, 1.82) is 0 Å². The Kier molecular flexibility index (Phi) is 4.89. The Labute approximate surface area is 174 Å². The van der Waals surface area contributed by atoms with E-state index >= 15 is 0 Å². The fourth-order valence-corrected chi connectivity index (χ4v) is 4.26. The minimum absolute atomic E-state index is 0.0535. The van der Waals surface area contributed by atoms with E-state index in [1.807, 2.05) is 53.6 Å². The lowest BCUT2D eigenvalue weighted by Crippen LogP contribution is -2.39. The van der Waals surface area contributed by atoms with Gasteiger partial charge in [-0.05, 0) is 48.7 Å². The van der Waals surface area contributed by atoms with Gasteiger partial charge in [-0.3, -0.25) is 14.8 Å². The van der Waals surface area contributed by atoms with E-state index in [0.29, 0.717) is 12.1 Å². The summed E-state index contributed by atoms with van der Waals surface area (Å²) in [6.45, 7) is 1.40. The molecule has 6 nitrogen and oxygen atoms in total. The molecule has 148 valence electrons. The number of carbonyl (C=O) groups is 1. The summed E-state index contributed by atoms with van der Waals surface area (Å²) in [6, 6.07) is 13.5. The number of hydrogen-bond acceptors (Lipinski definition) is 5. The molecule has 1 atom stereocenters. The van der Waals surface area contributed by atoms with Crippen LogP contribution >= 0.6 is 0 Å². The van der Waals surface area contributed by atoms with Crippen molar-refractivity contribution >= 4 is 16.8 Å². The first-order valence-corrected chi connectivity index (χ1v) is 10.1. The van der Waals surface area contributed by atoms with Crippen LogP contribution in [0.4, 0.5) is 0 Å². The van der Waals surface area contributed by atoms with Crippen molar-refractivity contribution in [2.75, 3.05) is 13.1 Å². The number of carbonyl (C=O) groups excluding carboxylic acids is 1. The summed E-state index contributed by atoms with van der Waals surface area (Å²) in [5.74, 6) is 0.222. The third-order valence-corrected chi connectivity index (χ3v) is 5.71. The molecule has 0 radical (unpaired) electrons. The summed E-state index contributed by atoms with van der Waals surface area (Å²) in [4.78, 5) is 32.7. The summed E-state index contributed by atoms with van der Waals surface area (Å²) in [5, 5.41) is 0.895. The molecule has 0 spiro atoms. The molecule has 30 heavy (non-hydrogen) atoms. The highest BCUT2D eigenvalue weighted by Gasteiger charge is 2.28. The number of benzene rings is 1. The second-order valence-corrected chi connectivity index (χ2v) is 7.52. The summed E-state index contributed by atoms with van der Waals surface area (Å²) < 4.78 is 0. The molecule has 3 aromatic heterocycles. The Morgan fingerprint density at radius 3 is 2.77 bits per heavy atom. The number of pyridine rings is 2. The van der Waals surface area contributed by atoms with Crippen LogP contribution < -0.4 is 0 Å². The van der Waals surface area contributed by atoms with Gasteiger partial charge in [-0.2, -0.15) is 0 Å². The maximum atomic E-state index is 13.4. The zero-order valence-corrected chi connectivity index (χ0v) is 16.5. The van der Waals surface area contributed by atoms with Crippen LogP contribution in [0.25, 0.3) is 22.0 Å². The molecule has 6 heteroatoms. The van der Waals surface area contributed by atoms with Gasteiger partial charge in [-0.1, -0.05) is 12.1 Å². The molecular formula is C24H21N5O. The number of amides is 1. The van der Waals surface area contributed by atoms with Gasteiger partial charge in [0.05, 0.1) is 11.2 Å². The highest BCUT2D eigenvalue weighted by molar-refractivity contribution is 6.06. The largest absolute Gasteiger partial charge is 0.338 e. The predicted octanol–water partition coefficient (Wildman–Crippen LogP) is 4.11. The smallest absolute Gasteiger partial charge is 0.254 e. The van der Waals surface area contributed by atoms with Crippen LogP contribution in [0.2, 0.25) is 0 Å². The first-order valence-electron chi connectivity index (χ1n) is 10.1. The molecule has 1 aliphatic heterocycles. The zero-order valence-electron chi connectivity index (χ0n) is 16.5. The van der Waals surface area contributed by atoms with Crippen LogP contribution in [0.15, 0.2) is 73.6 Å². The van der Waals surface area contributed by atoms with Gasteiger partial charge < -0.3 is 4.90 Å². The van der Waals surface area contributed by atoms with Gasteiger partial charge in [-0.25, -0.2) is 9.97 Å². The van der Waals surface area contributed by atoms with E-state index in [1.165, 1.54) is 0 Å². The highest BCUT2D eigenvalue weighted by atomic mass is 16.2. The van der Waals surface area contributed by atoms with Gasteiger partial charge in [0, 0.05) is 60.3 Å². The van der Waals surface area contributed by atoms with E-state index in [-0.39, 0.29) is 11.8 Å². The molecule has 0 bridgehead atoms. The molecule has 1 saturated heterocycles.